The van der Waals surface area contributed by atoms with Gasteiger partial charge in [-0.15, -0.1) is 0 Å². The number of allylic oxidation sites excluding steroid dienone is 2. The molecule has 0 bridgehead atoms. The number of ketones is 2. The fraction of sp³-hybridized carbons (Fsp3) is 0.800. The van der Waals surface area contributed by atoms with Crippen molar-refractivity contribution in [1.82, 2.24) is 9.80 Å². The van der Waals surface area contributed by atoms with Crippen LogP contribution < -0.4 is 0 Å². The maximum atomic E-state index is 12.3. The second-order valence-corrected chi connectivity index (χ2v) is 14.0. The number of amides is 2. The van der Waals surface area contributed by atoms with Crippen LogP contribution >= 0.6 is 0 Å². The molecule has 0 aromatic carbocycles. The molecule has 0 aromatic rings. The van der Waals surface area contributed by atoms with Gasteiger partial charge in [0.2, 0.25) is 0 Å². The molecule has 2 heterocycles. The molecule has 2 aliphatic carbocycles. The van der Waals surface area contributed by atoms with Gasteiger partial charge in [0.05, 0.1) is 12.1 Å². The van der Waals surface area contributed by atoms with Crippen molar-refractivity contribution in [2.24, 2.45) is 10.8 Å². The van der Waals surface area contributed by atoms with Gasteiger partial charge in [0, 0.05) is 13.1 Å². The average Bonchev–Trinajstić information content (AvgIpc) is 3.55. The van der Waals surface area contributed by atoms with Crippen molar-refractivity contribution in [3.8, 4) is 0 Å². The first-order chi connectivity index (χ1) is 17.4. The predicted molar refractivity (Wildman–Crippen MR) is 146 cm³/mol. The lowest BCUT2D eigenvalue weighted by Gasteiger charge is -2.28. The van der Waals surface area contributed by atoms with Gasteiger partial charge in [0.15, 0.2) is 11.6 Å². The van der Waals surface area contributed by atoms with Crippen LogP contribution in [0.2, 0.25) is 0 Å². The number of rotatable bonds is 2. The van der Waals surface area contributed by atoms with Crippen molar-refractivity contribution in [2.45, 2.75) is 130 Å². The minimum Gasteiger partial charge on any atom is -0.444 e. The van der Waals surface area contributed by atoms with Gasteiger partial charge in [0.1, 0.15) is 11.2 Å². The Kier molecular flexibility index (Phi) is 8.74. The number of carbonyl (C=O) groups is 4. The first kappa shape index (κ1) is 30.2. The second kappa shape index (κ2) is 11.0. The van der Waals surface area contributed by atoms with Crippen LogP contribution in [0.15, 0.2) is 12.2 Å². The third kappa shape index (κ3) is 7.38. The van der Waals surface area contributed by atoms with Crippen molar-refractivity contribution in [3.05, 3.63) is 12.2 Å². The Balaban J connectivity index is 0.000000211. The summed E-state index contributed by atoms with van der Waals surface area (Å²) in [5.74, 6) is 0.129. The van der Waals surface area contributed by atoms with Crippen molar-refractivity contribution in [2.75, 3.05) is 13.1 Å². The first-order valence-corrected chi connectivity index (χ1v) is 14.1. The number of carbonyl (C=O) groups excluding carboxylic acids is 4. The van der Waals surface area contributed by atoms with E-state index in [4.69, 9.17) is 9.47 Å². The van der Waals surface area contributed by atoms with Crippen molar-refractivity contribution in [3.63, 3.8) is 0 Å². The number of hydrogen-bond donors (Lipinski definition) is 0. The molecule has 0 radical (unpaired) electrons. The van der Waals surface area contributed by atoms with Gasteiger partial charge < -0.3 is 9.47 Å². The Morgan fingerprint density at radius 1 is 0.684 bits per heavy atom. The van der Waals surface area contributed by atoms with Gasteiger partial charge in [-0.2, -0.15) is 0 Å². The predicted octanol–water partition coefficient (Wildman–Crippen LogP) is 6.07. The zero-order chi connectivity index (χ0) is 28.5. The zero-order valence-corrected chi connectivity index (χ0v) is 24.7. The van der Waals surface area contributed by atoms with E-state index >= 15 is 0 Å². The van der Waals surface area contributed by atoms with Crippen LogP contribution in [-0.4, -0.2) is 69.9 Å². The molecule has 38 heavy (non-hydrogen) atoms. The average molecular weight is 533 g/mol. The fourth-order valence-corrected chi connectivity index (χ4v) is 6.40. The Labute approximate surface area is 228 Å². The molecule has 0 N–H and O–H groups in total. The fourth-order valence-electron chi connectivity index (χ4n) is 6.40. The van der Waals surface area contributed by atoms with Gasteiger partial charge in [-0.25, -0.2) is 9.59 Å². The molecular formula is C30H48N2O6. The largest absolute Gasteiger partial charge is 0.444 e. The van der Waals surface area contributed by atoms with E-state index in [1.807, 2.05) is 41.5 Å². The summed E-state index contributed by atoms with van der Waals surface area (Å²) in [5.41, 5.74) is -0.799. The quantitative estimate of drug-likeness (QED) is 0.401. The van der Waals surface area contributed by atoms with Crippen LogP contribution in [0.4, 0.5) is 9.59 Å². The van der Waals surface area contributed by atoms with Gasteiger partial charge in [0.25, 0.3) is 0 Å². The molecule has 0 unspecified atom stereocenters. The lowest BCUT2D eigenvalue weighted by molar-refractivity contribution is -0.121. The highest BCUT2D eigenvalue weighted by molar-refractivity contribution is 5.87. The van der Waals surface area contributed by atoms with Crippen molar-refractivity contribution in [1.29, 1.82) is 0 Å². The molecule has 2 amide bonds. The van der Waals surface area contributed by atoms with Crippen molar-refractivity contribution < 1.29 is 28.7 Å². The Morgan fingerprint density at radius 2 is 1.05 bits per heavy atom. The van der Waals surface area contributed by atoms with Gasteiger partial charge in [-0.05, 0) is 105 Å². The highest BCUT2D eigenvalue weighted by Crippen LogP contribution is 2.48. The molecule has 2 spiro atoms. The van der Waals surface area contributed by atoms with E-state index < -0.39 is 11.2 Å². The lowest BCUT2D eigenvalue weighted by Crippen LogP contribution is -2.43. The monoisotopic (exact) mass is 532 g/mol. The smallest absolute Gasteiger partial charge is 0.410 e. The summed E-state index contributed by atoms with van der Waals surface area (Å²) in [6.45, 7) is 15.5. The van der Waals surface area contributed by atoms with Crippen LogP contribution in [0.1, 0.15) is 107 Å². The minimum absolute atomic E-state index is 0.0506. The topological polar surface area (TPSA) is 93.2 Å². The van der Waals surface area contributed by atoms with Crippen LogP contribution in [0, 0.1) is 10.8 Å². The van der Waals surface area contributed by atoms with Crippen LogP contribution in [0.3, 0.4) is 0 Å². The van der Waals surface area contributed by atoms with Crippen LogP contribution in [0.25, 0.3) is 0 Å². The van der Waals surface area contributed by atoms with E-state index in [1.54, 1.807) is 23.6 Å². The lowest BCUT2D eigenvalue weighted by atomic mass is 9.82. The van der Waals surface area contributed by atoms with E-state index in [0.717, 1.165) is 38.5 Å². The molecule has 8 heteroatoms. The molecule has 2 atom stereocenters. The standard InChI is InChI=1S/C15H25NO3.C15H23NO3/c2*1-11(17)12-9-15(7-5-6-8-15)10-16(12)13(18)19-14(2,3)4/h12H,5-10H2,1-4H3;5-6,12H,7-10H2,1-4H3/t2*12-/m00/s1. The maximum absolute atomic E-state index is 12.3. The summed E-state index contributed by atoms with van der Waals surface area (Å²) in [6.07, 6.45) is 11.8. The van der Waals surface area contributed by atoms with E-state index in [2.05, 4.69) is 12.2 Å². The van der Waals surface area contributed by atoms with Gasteiger partial charge >= 0.3 is 12.2 Å². The summed E-state index contributed by atoms with van der Waals surface area (Å²) in [6, 6.07) is -0.609. The molecular weight excluding hydrogens is 484 g/mol. The summed E-state index contributed by atoms with van der Waals surface area (Å²) in [4.78, 5) is 51.4. The molecule has 0 aromatic heterocycles. The van der Waals surface area contributed by atoms with E-state index in [9.17, 15) is 19.2 Å². The maximum Gasteiger partial charge on any atom is 0.410 e. The zero-order valence-electron chi connectivity index (χ0n) is 24.7. The number of hydrogen-bond acceptors (Lipinski definition) is 6. The normalized spacial score (nSPS) is 25.5. The Morgan fingerprint density at radius 3 is 1.42 bits per heavy atom. The third-order valence-electron chi connectivity index (χ3n) is 8.14. The Bertz CT molecular complexity index is 887. The number of Topliss-reactive ketones (excluding diaryl/α,β-unsaturated/α-hetero) is 2. The van der Waals surface area contributed by atoms with Gasteiger partial charge in [-0.3, -0.25) is 19.4 Å². The summed E-state index contributed by atoms with van der Waals surface area (Å²) < 4.78 is 10.9. The molecule has 3 fully saturated rings. The molecule has 2 saturated heterocycles. The molecule has 8 nitrogen and oxygen atoms in total. The summed E-state index contributed by atoms with van der Waals surface area (Å²) >= 11 is 0. The molecule has 2 aliphatic heterocycles. The van der Waals surface area contributed by atoms with E-state index in [1.165, 1.54) is 12.8 Å². The van der Waals surface area contributed by atoms with E-state index in [0.29, 0.717) is 13.1 Å². The molecule has 4 aliphatic rings. The number of nitrogens with zero attached hydrogens (tertiary/aromatic N) is 2. The number of likely N-dealkylation sites (tertiary alicyclic amines) is 2. The van der Waals surface area contributed by atoms with Crippen LogP contribution in [-0.2, 0) is 19.1 Å². The highest BCUT2D eigenvalue weighted by atomic mass is 16.6. The van der Waals surface area contributed by atoms with Crippen LogP contribution in [0.5, 0.6) is 0 Å². The highest BCUT2D eigenvalue weighted by Gasteiger charge is 2.50. The summed E-state index contributed by atoms with van der Waals surface area (Å²) in [5, 5.41) is 0. The Hall–Kier alpha value is -2.38. The number of ether oxygens (including phenoxy) is 2. The summed E-state index contributed by atoms with van der Waals surface area (Å²) in [7, 11) is 0. The minimum atomic E-state index is -0.526. The molecule has 214 valence electrons. The van der Waals surface area contributed by atoms with Crippen molar-refractivity contribution >= 4 is 23.8 Å². The molecule has 1 saturated carbocycles. The molecule has 4 rings (SSSR count). The second-order valence-electron chi connectivity index (χ2n) is 14.0. The SMILES string of the molecule is CC(=O)[C@@H]1CC2(CC=CC2)CN1C(=O)OC(C)(C)C.CC(=O)[C@@H]1CC2(CCCC2)CN1C(=O)OC(C)(C)C. The first-order valence-electron chi connectivity index (χ1n) is 14.1. The van der Waals surface area contributed by atoms with E-state index in [-0.39, 0.29) is 46.7 Å². The third-order valence-corrected chi connectivity index (χ3v) is 8.14. The van der Waals surface area contributed by atoms with Gasteiger partial charge in [-0.1, -0.05) is 25.0 Å².